The van der Waals surface area contributed by atoms with Crippen molar-refractivity contribution in [3.8, 4) is 0 Å². The molecule has 0 radical (unpaired) electrons. The Morgan fingerprint density at radius 2 is 1.10 bits per heavy atom. The normalized spacial score (nSPS) is 8.00. The summed E-state index contributed by atoms with van der Waals surface area (Å²) in [5.74, 6) is 0. The summed E-state index contributed by atoms with van der Waals surface area (Å²) in [6.45, 7) is 0. The van der Waals surface area contributed by atoms with Gasteiger partial charge in [0.15, 0.2) is 0 Å². The Bertz CT molecular complexity index is 155. The van der Waals surface area contributed by atoms with Gasteiger partial charge in [0, 0.05) is 32.9 Å². The third-order valence-electron chi connectivity index (χ3n) is 0.804. The lowest BCUT2D eigenvalue weighted by Gasteiger charge is -1.86. The maximum atomic E-state index is 5.55. The molecule has 1 aromatic rings. The first kappa shape index (κ1) is 10.5. The Morgan fingerprint density at radius 1 is 0.900 bits per heavy atom. The van der Waals surface area contributed by atoms with Crippen LogP contribution in [0, 0.1) is 0 Å². The van der Waals surface area contributed by atoms with Crippen molar-refractivity contribution in [3.05, 3.63) is 34.3 Å². The van der Waals surface area contributed by atoms with Crippen LogP contribution in [0.25, 0.3) is 0 Å². The van der Waals surface area contributed by atoms with Gasteiger partial charge in [-0.1, -0.05) is 23.2 Å². The van der Waals surface area contributed by atoms with Crippen LogP contribution < -0.4 is 3.95 Å². The molecule has 0 aliphatic heterocycles. The summed E-state index contributed by atoms with van der Waals surface area (Å²) in [4.78, 5) is 0. The molecule has 1 nitrogen and oxygen atoms in total. The van der Waals surface area contributed by atoms with Gasteiger partial charge in [-0.2, -0.15) is 0 Å². The van der Waals surface area contributed by atoms with Gasteiger partial charge < -0.3 is 0 Å². The number of hydrogen-bond acceptors (Lipinski definition) is 1. The zero-order valence-corrected chi connectivity index (χ0v) is 8.69. The standard InChI is InChI=1S/C6H4Cl2.H2IN/c7-5-1-2-6(8)4-3-5;1-2/h1-4H;2H2. The first-order valence-electron chi connectivity index (χ1n) is 2.42. The van der Waals surface area contributed by atoms with Crippen molar-refractivity contribution in [2.75, 3.05) is 0 Å². The highest BCUT2D eigenvalue weighted by molar-refractivity contribution is 14.1. The van der Waals surface area contributed by atoms with Gasteiger partial charge in [0.05, 0.1) is 0 Å². The van der Waals surface area contributed by atoms with Crippen molar-refractivity contribution >= 4 is 46.1 Å². The van der Waals surface area contributed by atoms with Crippen molar-refractivity contribution in [1.82, 2.24) is 0 Å². The molecule has 0 amide bonds. The van der Waals surface area contributed by atoms with E-state index in [0.717, 1.165) is 10.0 Å². The van der Waals surface area contributed by atoms with E-state index in [1.165, 1.54) is 0 Å². The number of rotatable bonds is 0. The first-order valence-corrected chi connectivity index (χ1v) is 4.42. The summed E-state index contributed by atoms with van der Waals surface area (Å²) in [5, 5.41) is 1.43. The van der Waals surface area contributed by atoms with Gasteiger partial charge in [-0.15, -0.1) is 0 Å². The quantitative estimate of drug-likeness (QED) is 0.576. The number of nitrogens with two attached hydrogens (primary N) is 1. The molecule has 0 heterocycles. The minimum atomic E-state index is 0.717. The highest BCUT2D eigenvalue weighted by atomic mass is 127. The predicted octanol–water partition coefficient (Wildman–Crippen LogP) is 3.29. The molecule has 0 saturated carbocycles. The Morgan fingerprint density at radius 3 is 1.30 bits per heavy atom. The van der Waals surface area contributed by atoms with Gasteiger partial charge in [0.25, 0.3) is 0 Å². The fourth-order valence-electron chi connectivity index (χ4n) is 0.430. The van der Waals surface area contributed by atoms with Crippen LogP contribution in [0.15, 0.2) is 24.3 Å². The topological polar surface area (TPSA) is 26.0 Å². The summed E-state index contributed by atoms with van der Waals surface area (Å²) in [5.41, 5.74) is 0. The van der Waals surface area contributed by atoms with E-state index in [-0.39, 0.29) is 0 Å². The van der Waals surface area contributed by atoms with Gasteiger partial charge in [-0.3, -0.25) is 3.95 Å². The second-order valence-corrected chi connectivity index (χ2v) is 2.31. The average Bonchev–Trinajstić information content (AvgIpc) is 2.00. The molecule has 1 aromatic carbocycles. The molecule has 0 aliphatic rings. The Kier molecular flexibility index (Phi) is 6.52. The van der Waals surface area contributed by atoms with Crippen LogP contribution in [0.2, 0.25) is 10.0 Å². The minimum absolute atomic E-state index is 0.717. The van der Waals surface area contributed by atoms with Gasteiger partial charge in [0.1, 0.15) is 0 Å². The van der Waals surface area contributed by atoms with Crippen LogP contribution in [0.3, 0.4) is 0 Å². The summed E-state index contributed by atoms with van der Waals surface area (Å²) >= 11 is 12.8. The van der Waals surface area contributed by atoms with Crippen LogP contribution >= 0.6 is 46.1 Å². The van der Waals surface area contributed by atoms with E-state index in [0.29, 0.717) is 0 Å². The smallest absolute Gasteiger partial charge is 0.0407 e. The number of halogens is 3. The van der Waals surface area contributed by atoms with Gasteiger partial charge in [0.2, 0.25) is 0 Å². The Labute approximate surface area is 84.0 Å². The van der Waals surface area contributed by atoms with Crippen LogP contribution in [0.1, 0.15) is 0 Å². The maximum absolute atomic E-state index is 5.55. The van der Waals surface area contributed by atoms with Crippen molar-refractivity contribution in [2.24, 2.45) is 3.95 Å². The molecule has 2 N–H and O–H groups in total. The fraction of sp³-hybridized carbons (Fsp3) is 0. The lowest BCUT2D eigenvalue weighted by Crippen LogP contribution is -1.60. The van der Waals surface area contributed by atoms with E-state index < -0.39 is 0 Å². The van der Waals surface area contributed by atoms with Crippen LogP contribution in [-0.2, 0) is 0 Å². The molecular weight excluding hydrogens is 284 g/mol. The zero-order valence-electron chi connectivity index (χ0n) is 5.02. The molecule has 0 atom stereocenters. The molecule has 0 saturated heterocycles. The average molecular weight is 290 g/mol. The van der Waals surface area contributed by atoms with E-state index in [1.807, 2.05) is 0 Å². The minimum Gasteiger partial charge on any atom is -0.275 e. The van der Waals surface area contributed by atoms with E-state index in [2.05, 4.69) is 3.95 Å². The molecule has 0 aliphatic carbocycles. The maximum Gasteiger partial charge on any atom is 0.0407 e. The van der Waals surface area contributed by atoms with Gasteiger partial charge in [-0.05, 0) is 24.3 Å². The van der Waals surface area contributed by atoms with Gasteiger partial charge >= 0.3 is 0 Å². The molecule has 0 unspecified atom stereocenters. The van der Waals surface area contributed by atoms with E-state index in [9.17, 15) is 0 Å². The Balaban J connectivity index is 0.000000371. The number of benzene rings is 1. The van der Waals surface area contributed by atoms with E-state index in [4.69, 9.17) is 23.2 Å². The molecular formula is C6H6Cl2IN. The van der Waals surface area contributed by atoms with Crippen molar-refractivity contribution in [2.45, 2.75) is 0 Å². The summed E-state index contributed by atoms with van der Waals surface area (Å²) in [6.07, 6.45) is 0. The van der Waals surface area contributed by atoms with E-state index >= 15 is 0 Å². The molecule has 10 heavy (non-hydrogen) atoms. The van der Waals surface area contributed by atoms with Gasteiger partial charge in [-0.25, -0.2) is 0 Å². The highest BCUT2D eigenvalue weighted by Crippen LogP contribution is 2.12. The summed E-state index contributed by atoms with van der Waals surface area (Å²) in [6, 6.07) is 7.02. The molecule has 56 valence electrons. The molecule has 0 fully saturated rings. The third-order valence-corrected chi connectivity index (χ3v) is 1.31. The fourth-order valence-corrected chi connectivity index (χ4v) is 0.682. The van der Waals surface area contributed by atoms with Crippen molar-refractivity contribution < 1.29 is 0 Å². The molecule has 0 spiro atoms. The zero-order chi connectivity index (χ0) is 7.98. The summed E-state index contributed by atoms with van der Waals surface area (Å²) in [7, 11) is 0. The lowest BCUT2D eigenvalue weighted by atomic mass is 10.4. The first-order chi connectivity index (χ1) is 4.79. The van der Waals surface area contributed by atoms with Crippen LogP contribution in [0.4, 0.5) is 0 Å². The molecule has 1 rings (SSSR count). The van der Waals surface area contributed by atoms with Crippen molar-refractivity contribution in [1.29, 1.82) is 0 Å². The second kappa shape index (κ2) is 6.22. The molecule has 4 heteroatoms. The highest BCUT2D eigenvalue weighted by Gasteiger charge is 1.83. The number of hydrogen-bond donors (Lipinski definition) is 1. The van der Waals surface area contributed by atoms with Crippen molar-refractivity contribution in [3.63, 3.8) is 0 Å². The molecule has 0 aromatic heterocycles. The van der Waals surface area contributed by atoms with Crippen LogP contribution in [-0.4, -0.2) is 0 Å². The van der Waals surface area contributed by atoms with Crippen LogP contribution in [0.5, 0.6) is 0 Å². The summed E-state index contributed by atoms with van der Waals surface area (Å²) < 4.78 is 4.47. The monoisotopic (exact) mass is 289 g/mol. The lowest BCUT2D eigenvalue weighted by molar-refractivity contribution is 1.71. The third kappa shape index (κ3) is 4.33. The second-order valence-electron chi connectivity index (χ2n) is 1.44. The van der Waals surface area contributed by atoms with E-state index in [1.54, 1.807) is 47.1 Å². The predicted molar refractivity (Wildman–Crippen MR) is 54.7 cm³/mol. The molecule has 0 bridgehead atoms. The largest absolute Gasteiger partial charge is 0.275 e. The SMILES string of the molecule is Clc1ccc(Cl)cc1.NI. The Hall–Kier alpha value is 0.490.